The van der Waals surface area contributed by atoms with Gasteiger partial charge in [0.25, 0.3) is 5.56 Å². The average Bonchev–Trinajstić information content (AvgIpc) is 2.15. The van der Waals surface area contributed by atoms with Gasteiger partial charge >= 0.3 is 0 Å². The van der Waals surface area contributed by atoms with Crippen LogP contribution in [0, 0.1) is 0 Å². The molecule has 1 atom stereocenters. The Morgan fingerprint density at radius 3 is 2.64 bits per heavy atom. The molecular formula is C10H17N3O. The molecule has 1 aromatic heterocycles. The van der Waals surface area contributed by atoms with Gasteiger partial charge < -0.3 is 10.7 Å². The van der Waals surface area contributed by atoms with Crippen LogP contribution in [-0.2, 0) is 0 Å². The number of hydrogen-bond donors (Lipinski definition) is 2. The van der Waals surface area contributed by atoms with Gasteiger partial charge in [0.2, 0.25) is 0 Å². The maximum Gasteiger partial charge on any atom is 0.251 e. The van der Waals surface area contributed by atoms with E-state index in [4.69, 9.17) is 5.73 Å². The van der Waals surface area contributed by atoms with Gasteiger partial charge in [-0.3, -0.25) is 4.79 Å². The first-order valence-electron chi connectivity index (χ1n) is 4.85. The summed E-state index contributed by atoms with van der Waals surface area (Å²) in [6.07, 6.45) is 0. The largest absolute Gasteiger partial charge is 0.330 e. The number of rotatable bonds is 3. The van der Waals surface area contributed by atoms with Crippen molar-refractivity contribution in [1.82, 2.24) is 9.97 Å². The summed E-state index contributed by atoms with van der Waals surface area (Å²) in [6.45, 7) is 6.46. The second-order valence-electron chi connectivity index (χ2n) is 3.85. The normalized spacial score (nSPS) is 13.2. The molecule has 0 bridgehead atoms. The van der Waals surface area contributed by atoms with E-state index < -0.39 is 0 Å². The zero-order chi connectivity index (χ0) is 10.7. The number of nitrogens with zero attached hydrogens (tertiary/aromatic N) is 1. The lowest BCUT2D eigenvalue weighted by molar-refractivity contribution is 0.683. The number of nitrogens with two attached hydrogens (primary N) is 1. The molecule has 0 aromatic carbocycles. The smallest absolute Gasteiger partial charge is 0.251 e. The Balaban J connectivity index is 3.13. The number of hydrogen-bond acceptors (Lipinski definition) is 3. The minimum Gasteiger partial charge on any atom is -0.330 e. The molecule has 1 heterocycles. The van der Waals surface area contributed by atoms with Crippen molar-refractivity contribution in [1.29, 1.82) is 0 Å². The molecule has 4 nitrogen and oxygen atoms in total. The van der Waals surface area contributed by atoms with E-state index in [2.05, 4.69) is 9.97 Å². The Hall–Kier alpha value is -1.16. The summed E-state index contributed by atoms with van der Waals surface area (Å²) < 4.78 is 0. The zero-order valence-corrected chi connectivity index (χ0v) is 8.87. The van der Waals surface area contributed by atoms with Crippen molar-refractivity contribution in [3.05, 3.63) is 27.9 Å². The minimum atomic E-state index is -0.0981. The van der Waals surface area contributed by atoms with E-state index in [1.54, 1.807) is 0 Å². The van der Waals surface area contributed by atoms with Crippen LogP contribution in [0.5, 0.6) is 0 Å². The summed E-state index contributed by atoms with van der Waals surface area (Å²) in [6, 6.07) is 1.54. The average molecular weight is 195 g/mol. The second kappa shape index (κ2) is 4.37. The predicted molar refractivity (Wildman–Crippen MR) is 56.4 cm³/mol. The van der Waals surface area contributed by atoms with Gasteiger partial charge in [-0.15, -0.1) is 0 Å². The van der Waals surface area contributed by atoms with Crippen LogP contribution in [0.4, 0.5) is 0 Å². The van der Waals surface area contributed by atoms with Crippen molar-refractivity contribution >= 4 is 0 Å². The van der Waals surface area contributed by atoms with Gasteiger partial charge in [-0.25, -0.2) is 4.98 Å². The molecule has 0 radical (unpaired) electrons. The molecule has 1 unspecified atom stereocenters. The van der Waals surface area contributed by atoms with Gasteiger partial charge in [0.05, 0.1) is 5.69 Å². The van der Waals surface area contributed by atoms with Crippen molar-refractivity contribution in [2.24, 2.45) is 5.73 Å². The van der Waals surface area contributed by atoms with E-state index in [1.807, 2.05) is 20.8 Å². The highest BCUT2D eigenvalue weighted by Gasteiger charge is 2.09. The number of nitrogens with one attached hydrogen (secondary N) is 1. The summed E-state index contributed by atoms with van der Waals surface area (Å²) in [5, 5.41) is 0. The molecule has 0 saturated heterocycles. The van der Waals surface area contributed by atoms with Crippen molar-refractivity contribution in [3.63, 3.8) is 0 Å². The molecule has 1 aromatic rings. The summed E-state index contributed by atoms with van der Waals surface area (Å²) in [5.74, 6) is 1.05. The lowest BCUT2D eigenvalue weighted by atomic mass is 10.1. The van der Waals surface area contributed by atoms with E-state index >= 15 is 0 Å². The number of H-pyrrole nitrogens is 1. The van der Waals surface area contributed by atoms with Crippen molar-refractivity contribution in [3.8, 4) is 0 Å². The minimum absolute atomic E-state index is 0.0981. The fourth-order valence-corrected chi connectivity index (χ4v) is 1.14. The van der Waals surface area contributed by atoms with Crippen molar-refractivity contribution in [2.45, 2.75) is 32.6 Å². The van der Waals surface area contributed by atoms with E-state index in [-0.39, 0.29) is 17.4 Å². The third kappa shape index (κ3) is 2.42. The number of aromatic nitrogens is 2. The molecule has 0 aliphatic heterocycles. The highest BCUT2D eigenvalue weighted by molar-refractivity contribution is 5.09. The van der Waals surface area contributed by atoms with Gasteiger partial charge in [0.15, 0.2) is 0 Å². The third-order valence-corrected chi connectivity index (χ3v) is 2.19. The third-order valence-electron chi connectivity index (χ3n) is 2.19. The monoisotopic (exact) mass is 195 g/mol. The molecule has 0 amide bonds. The fourth-order valence-electron chi connectivity index (χ4n) is 1.14. The van der Waals surface area contributed by atoms with Crippen LogP contribution in [0.15, 0.2) is 10.9 Å². The molecule has 78 valence electrons. The highest BCUT2D eigenvalue weighted by atomic mass is 16.1. The first-order valence-corrected chi connectivity index (χ1v) is 4.85. The quantitative estimate of drug-likeness (QED) is 0.754. The van der Waals surface area contributed by atoms with Gasteiger partial charge in [-0.05, 0) is 5.92 Å². The van der Waals surface area contributed by atoms with Crippen LogP contribution in [0.3, 0.4) is 0 Å². The van der Waals surface area contributed by atoms with Crippen molar-refractivity contribution < 1.29 is 0 Å². The van der Waals surface area contributed by atoms with Crippen molar-refractivity contribution in [2.75, 3.05) is 6.54 Å². The Labute approximate surface area is 83.6 Å². The molecule has 14 heavy (non-hydrogen) atoms. The lowest BCUT2D eigenvalue weighted by Gasteiger charge is -2.10. The van der Waals surface area contributed by atoms with Gasteiger partial charge in [0, 0.05) is 18.5 Å². The highest BCUT2D eigenvalue weighted by Crippen LogP contribution is 2.12. The molecule has 0 fully saturated rings. The van der Waals surface area contributed by atoms with Crippen LogP contribution in [-0.4, -0.2) is 16.5 Å². The molecule has 0 saturated carbocycles. The fraction of sp³-hybridized carbons (Fsp3) is 0.600. The first-order chi connectivity index (χ1) is 6.54. The maximum atomic E-state index is 11.3. The Kier molecular flexibility index (Phi) is 3.41. The summed E-state index contributed by atoms with van der Waals surface area (Å²) >= 11 is 0. The van der Waals surface area contributed by atoms with E-state index in [0.29, 0.717) is 12.4 Å². The van der Waals surface area contributed by atoms with Crippen LogP contribution in [0.1, 0.15) is 44.1 Å². The van der Waals surface area contributed by atoms with Crippen LogP contribution >= 0.6 is 0 Å². The Morgan fingerprint density at radius 1 is 1.50 bits per heavy atom. The van der Waals surface area contributed by atoms with E-state index in [0.717, 1.165) is 5.69 Å². The topological polar surface area (TPSA) is 71.8 Å². The predicted octanol–water partition coefficient (Wildman–Crippen LogP) is 0.956. The molecule has 0 aliphatic rings. The maximum absolute atomic E-state index is 11.3. The van der Waals surface area contributed by atoms with Gasteiger partial charge in [-0.2, -0.15) is 0 Å². The molecule has 3 N–H and O–H groups in total. The van der Waals surface area contributed by atoms with E-state index in [1.165, 1.54) is 6.07 Å². The Bertz CT molecular complexity index is 357. The van der Waals surface area contributed by atoms with Gasteiger partial charge in [-0.1, -0.05) is 20.8 Å². The standard InChI is InChI=1S/C10H17N3O/c1-6(2)8-4-9(14)13-10(12-8)7(3)5-11/h4,6-7H,5,11H2,1-3H3,(H,12,13,14). The first kappa shape index (κ1) is 10.9. The molecule has 0 spiro atoms. The molecule has 0 aliphatic carbocycles. The van der Waals surface area contributed by atoms with Crippen LogP contribution < -0.4 is 11.3 Å². The molecule has 1 rings (SSSR count). The SMILES string of the molecule is CC(C)c1cc(=O)[nH]c(C(C)CN)n1. The summed E-state index contributed by atoms with van der Waals surface area (Å²) in [7, 11) is 0. The molecular weight excluding hydrogens is 178 g/mol. The summed E-state index contributed by atoms with van der Waals surface area (Å²) in [4.78, 5) is 18.4. The lowest BCUT2D eigenvalue weighted by Crippen LogP contribution is -2.19. The molecule has 4 heteroatoms. The van der Waals surface area contributed by atoms with E-state index in [9.17, 15) is 4.79 Å². The number of aromatic amines is 1. The zero-order valence-electron chi connectivity index (χ0n) is 8.87. The van der Waals surface area contributed by atoms with Crippen LogP contribution in [0.25, 0.3) is 0 Å². The van der Waals surface area contributed by atoms with Crippen LogP contribution in [0.2, 0.25) is 0 Å². The summed E-state index contributed by atoms with van der Waals surface area (Å²) in [5.41, 5.74) is 6.24. The van der Waals surface area contributed by atoms with Gasteiger partial charge in [0.1, 0.15) is 5.82 Å². The Morgan fingerprint density at radius 2 is 2.14 bits per heavy atom. The second-order valence-corrected chi connectivity index (χ2v) is 3.85.